The Morgan fingerprint density at radius 2 is 1.96 bits per heavy atom. The van der Waals surface area contributed by atoms with Crippen molar-refractivity contribution >= 4 is 5.82 Å². The van der Waals surface area contributed by atoms with Crippen LogP contribution in [0.3, 0.4) is 0 Å². The molecule has 1 aromatic rings. The molecule has 1 fully saturated rings. The predicted octanol–water partition coefficient (Wildman–Crippen LogP) is 3.33. The topological polar surface area (TPSA) is 67.3 Å². The van der Waals surface area contributed by atoms with Crippen LogP contribution >= 0.6 is 0 Å². The molecule has 5 nitrogen and oxygen atoms in total. The van der Waals surface area contributed by atoms with Gasteiger partial charge in [-0.3, -0.25) is 0 Å². The average Bonchev–Trinajstić information content (AvgIpc) is 2.55. The lowest BCUT2D eigenvalue weighted by Gasteiger charge is -2.31. The van der Waals surface area contributed by atoms with Crippen LogP contribution in [0.1, 0.15) is 44.7 Å². The number of rotatable bonds is 6. The molecule has 0 aliphatic heterocycles. The number of nitrogens with zero attached hydrogens (tertiary/aromatic N) is 2. The van der Waals surface area contributed by atoms with E-state index in [1.807, 2.05) is 6.92 Å². The van der Waals surface area contributed by atoms with Gasteiger partial charge in [0.2, 0.25) is 0 Å². The van der Waals surface area contributed by atoms with Crippen LogP contribution in [0.15, 0.2) is 6.33 Å². The summed E-state index contributed by atoms with van der Waals surface area (Å²) in [5.41, 5.74) is 0.817. The van der Waals surface area contributed by atoms with E-state index in [1.165, 1.54) is 6.33 Å². The number of aliphatic hydroxyl groups is 1. The summed E-state index contributed by atoms with van der Waals surface area (Å²) in [6, 6.07) is 0.137. The van der Waals surface area contributed by atoms with E-state index in [4.69, 9.17) is 4.74 Å². The molecule has 1 saturated carbocycles. The van der Waals surface area contributed by atoms with Gasteiger partial charge in [0.15, 0.2) is 11.6 Å². The van der Waals surface area contributed by atoms with Gasteiger partial charge in [-0.25, -0.2) is 9.97 Å². The molecule has 0 spiro atoms. The highest BCUT2D eigenvalue weighted by atomic mass is 19.4. The molecule has 1 aliphatic rings. The van der Waals surface area contributed by atoms with Gasteiger partial charge in [0.1, 0.15) is 12.4 Å². The van der Waals surface area contributed by atoms with E-state index in [0.29, 0.717) is 24.4 Å². The van der Waals surface area contributed by atoms with Crippen LogP contribution < -0.4 is 10.1 Å². The van der Waals surface area contributed by atoms with Gasteiger partial charge in [-0.2, -0.15) is 13.2 Å². The van der Waals surface area contributed by atoms with E-state index in [9.17, 15) is 18.3 Å². The third kappa shape index (κ3) is 4.72. The minimum atomic E-state index is -4.53. The first-order chi connectivity index (χ1) is 11.3. The van der Waals surface area contributed by atoms with Gasteiger partial charge < -0.3 is 15.2 Å². The van der Waals surface area contributed by atoms with Crippen LogP contribution in [0, 0.1) is 5.92 Å². The van der Waals surface area contributed by atoms with Crippen molar-refractivity contribution in [3.63, 3.8) is 0 Å². The molecule has 136 valence electrons. The lowest BCUT2D eigenvalue weighted by Crippen LogP contribution is -2.33. The molecule has 0 saturated heterocycles. The Labute approximate surface area is 139 Å². The summed E-state index contributed by atoms with van der Waals surface area (Å²) in [7, 11) is 1.57. The molecular formula is C16H24F3N3O2. The van der Waals surface area contributed by atoms with Gasteiger partial charge in [0.05, 0.1) is 12.8 Å². The maximum Gasteiger partial charge on any atom is 0.414 e. The molecule has 2 N–H and O–H groups in total. The number of aryl methyl sites for hydroxylation is 1. The molecule has 1 aliphatic carbocycles. The Kier molecular flexibility index (Phi) is 6.26. The van der Waals surface area contributed by atoms with Crippen LogP contribution in [-0.4, -0.2) is 40.5 Å². The highest BCUT2D eigenvalue weighted by Gasteiger charge is 2.39. The SMILES string of the molecule is CCc1ncnc(N[C@H]2CC[C@@H](CC(O)C(F)(F)F)CC2)c1OC. The first-order valence-electron chi connectivity index (χ1n) is 8.24. The molecule has 0 bridgehead atoms. The Bertz CT molecular complexity index is 532. The lowest BCUT2D eigenvalue weighted by molar-refractivity contribution is -0.209. The second-order valence-corrected chi connectivity index (χ2v) is 6.21. The second-order valence-electron chi connectivity index (χ2n) is 6.21. The normalized spacial score (nSPS) is 22.9. The van der Waals surface area contributed by atoms with E-state index in [-0.39, 0.29) is 18.4 Å². The summed E-state index contributed by atoms with van der Waals surface area (Å²) < 4.78 is 42.7. The molecule has 2 rings (SSSR count). The number of aromatic nitrogens is 2. The maximum absolute atomic E-state index is 12.4. The standard InChI is InChI=1S/C16H24F3N3O2/c1-3-12-14(24-2)15(21-9-20-12)22-11-6-4-10(5-7-11)8-13(23)16(17,18)19/h9-11,13,23H,3-8H2,1-2H3,(H,20,21,22)/t10-,11+,13?. The number of aliphatic hydroxyl groups excluding tert-OH is 1. The van der Waals surface area contributed by atoms with E-state index in [2.05, 4.69) is 15.3 Å². The first kappa shape index (κ1) is 18.8. The summed E-state index contributed by atoms with van der Waals surface area (Å²) in [4.78, 5) is 8.39. The quantitative estimate of drug-likeness (QED) is 0.826. The Balaban J connectivity index is 1.90. The fraction of sp³-hybridized carbons (Fsp3) is 0.750. The molecular weight excluding hydrogens is 323 g/mol. The first-order valence-corrected chi connectivity index (χ1v) is 8.24. The number of ether oxygens (including phenoxy) is 1. The number of methoxy groups -OCH3 is 1. The molecule has 1 aromatic heterocycles. The van der Waals surface area contributed by atoms with Gasteiger partial charge >= 0.3 is 6.18 Å². The van der Waals surface area contributed by atoms with E-state index >= 15 is 0 Å². The number of halogens is 3. The third-order valence-electron chi connectivity index (χ3n) is 4.54. The van der Waals surface area contributed by atoms with Gasteiger partial charge in [0.25, 0.3) is 0 Å². The summed E-state index contributed by atoms with van der Waals surface area (Å²) in [6.07, 6.45) is -1.98. The Morgan fingerprint density at radius 1 is 1.29 bits per heavy atom. The number of anilines is 1. The van der Waals surface area contributed by atoms with Crippen molar-refractivity contribution in [3.8, 4) is 5.75 Å². The zero-order valence-electron chi connectivity index (χ0n) is 13.9. The van der Waals surface area contributed by atoms with Crippen molar-refractivity contribution in [2.24, 2.45) is 5.92 Å². The summed E-state index contributed by atoms with van der Waals surface area (Å²) >= 11 is 0. The molecule has 0 aromatic carbocycles. The van der Waals surface area contributed by atoms with Crippen molar-refractivity contribution in [1.29, 1.82) is 0 Å². The lowest BCUT2D eigenvalue weighted by atomic mass is 9.82. The highest BCUT2D eigenvalue weighted by Crippen LogP contribution is 2.34. The minimum absolute atomic E-state index is 0.0989. The van der Waals surface area contributed by atoms with E-state index in [1.54, 1.807) is 7.11 Å². The summed E-state index contributed by atoms with van der Waals surface area (Å²) in [5, 5.41) is 12.5. The van der Waals surface area contributed by atoms with Gasteiger partial charge in [-0.05, 0) is 44.4 Å². The van der Waals surface area contributed by atoms with Crippen molar-refractivity contribution < 1.29 is 23.0 Å². The van der Waals surface area contributed by atoms with Gasteiger partial charge in [-0.1, -0.05) is 6.92 Å². The van der Waals surface area contributed by atoms with Crippen molar-refractivity contribution in [3.05, 3.63) is 12.0 Å². The molecule has 1 unspecified atom stereocenters. The molecule has 1 heterocycles. The Hall–Kier alpha value is -1.57. The zero-order valence-corrected chi connectivity index (χ0v) is 13.9. The molecule has 0 amide bonds. The van der Waals surface area contributed by atoms with Crippen LogP contribution in [0.2, 0.25) is 0 Å². The van der Waals surface area contributed by atoms with Crippen LogP contribution in [0.25, 0.3) is 0 Å². The number of hydrogen-bond donors (Lipinski definition) is 2. The fourth-order valence-corrected chi connectivity index (χ4v) is 3.16. The maximum atomic E-state index is 12.4. The predicted molar refractivity (Wildman–Crippen MR) is 84.0 cm³/mol. The smallest absolute Gasteiger partial charge is 0.414 e. The zero-order chi connectivity index (χ0) is 17.7. The van der Waals surface area contributed by atoms with Crippen molar-refractivity contribution in [2.75, 3.05) is 12.4 Å². The van der Waals surface area contributed by atoms with E-state index in [0.717, 1.165) is 25.0 Å². The van der Waals surface area contributed by atoms with Crippen LogP contribution in [0.5, 0.6) is 5.75 Å². The molecule has 8 heteroatoms. The van der Waals surface area contributed by atoms with Gasteiger partial charge in [0, 0.05) is 6.04 Å². The summed E-state index contributed by atoms with van der Waals surface area (Å²) in [6.45, 7) is 1.98. The number of nitrogens with one attached hydrogen (secondary N) is 1. The van der Waals surface area contributed by atoms with Crippen molar-refractivity contribution in [2.45, 2.75) is 63.8 Å². The van der Waals surface area contributed by atoms with Crippen LogP contribution in [-0.2, 0) is 6.42 Å². The average molecular weight is 347 g/mol. The molecule has 1 atom stereocenters. The number of alkyl halides is 3. The molecule has 0 radical (unpaired) electrons. The van der Waals surface area contributed by atoms with Gasteiger partial charge in [-0.15, -0.1) is 0 Å². The molecule has 24 heavy (non-hydrogen) atoms. The monoisotopic (exact) mass is 347 g/mol. The second kappa shape index (κ2) is 8.00. The van der Waals surface area contributed by atoms with E-state index < -0.39 is 12.3 Å². The minimum Gasteiger partial charge on any atom is -0.491 e. The van der Waals surface area contributed by atoms with Crippen molar-refractivity contribution in [1.82, 2.24) is 9.97 Å². The third-order valence-corrected chi connectivity index (χ3v) is 4.54. The summed E-state index contributed by atoms with van der Waals surface area (Å²) in [5.74, 6) is 1.15. The Morgan fingerprint density at radius 3 is 2.50 bits per heavy atom. The largest absolute Gasteiger partial charge is 0.491 e. The number of hydrogen-bond acceptors (Lipinski definition) is 5. The van der Waals surface area contributed by atoms with Crippen LogP contribution in [0.4, 0.5) is 19.0 Å². The highest BCUT2D eigenvalue weighted by molar-refractivity contribution is 5.52. The fourth-order valence-electron chi connectivity index (χ4n) is 3.16.